The number of pyridine rings is 1. The Balaban J connectivity index is 2.42. The van der Waals surface area contributed by atoms with E-state index < -0.39 is 0 Å². The van der Waals surface area contributed by atoms with E-state index in [-0.39, 0.29) is 6.04 Å². The van der Waals surface area contributed by atoms with E-state index in [2.05, 4.69) is 4.98 Å². The first-order valence-corrected chi connectivity index (χ1v) is 5.71. The van der Waals surface area contributed by atoms with Gasteiger partial charge in [0.25, 0.3) is 0 Å². The van der Waals surface area contributed by atoms with E-state index >= 15 is 0 Å². The molecular weight excluding hydrogens is 196 g/mol. The average Bonchev–Trinajstić information content (AvgIpc) is 2.18. The molecule has 1 rings (SSSR count). The largest absolute Gasteiger partial charge is 0.481 e. The summed E-state index contributed by atoms with van der Waals surface area (Å²) in [5.41, 5.74) is 6.68. The molecule has 0 bridgehead atoms. The van der Waals surface area contributed by atoms with Crippen molar-refractivity contribution in [1.82, 2.24) is 4.98 Å². The van der Waals surface area contributed by atoms with Gasteiger partial charge in [-0.25, -0.2) is 4.98 Å². The van der Waals surface area contributed by atoms with Gasteiger partial charge < -0.3 is 10.5 Å². The maximum Gasteiger partial charge on any atom is 0.213 e. The van der Waals surface area contributed by atoms with E-state index in [1.165, 1.54) is 0 Å². The van der Waals surface area contributed by atoms with Gasteiger partial charge in [-0.15, -0.1) is 0 Å². The average molecular weight is 212 g/mol. The molecule has 2 N–H and O–H groups in total. The summed E-state index contributed by atoms with van der Waals surface area (Å²) in [5.74, 6) is 2.52. The zero-order chi connectivity index (χ0) is 10.4. The van der Waals surface area contributed by atoms with Crippen molar-refractivity contribution in [3.05, 3.63) is 23.9 Å². The number of thioether (sulfide) groups is 1. The first-order chi connectivity index (χ1) is 6.72. The summed E-state index contributed by atoms with van der Waals surface area (Å²) in [4.78, 5) is 4.30. The van der Waals surface area contributed by atoms with Crippen LogP contribution in [-0.4, -0.2) is 23.9 Å². The number of ether oxygens (including phenoxy) is 1. The summed E-state index contributed by atoms with van der Waals surface area (Å²) in [6.45, 7) is 2.01. The van der Waals surface area contributed by atoms with Gasteiger partial charge in [-0.2, -0.15) is 11.8 Å². The molecule has 78 valence electrons. The third kappa shape index (κ3) is 3.98. The highest BCUT2D eigenvalue weighted by molar-refractivity contribution is 7.98. The fraction of sp³-hybridized carbons (Fsp3) is 0.500. The van der Waals surface area contributed by atoms with Gasteiger partial charge in [0.05, 0.1) is 12.8 Å². The lowest BCUT2D eigenvalue weighted by Gasteiger charge is -2.05. The fourth-order valence-corrected chi connectivity index (χ4v) is 1.86. The van der Waals surface area contributed by atoms with Crippen molar-refractivity contribution in [3.63, 3.8) is 0 Å². The van der Waals surface area contributed by atoms with Crippen LogP contribution in [0, 0.1) is 0 Å². The Hall–Kier alpha value is -0.740. The maximum atomic E-state index is 5.65. The molecular formula is C10H16N2OS. The highest BCUT2D eigenvalue weighted by atomic mass is 32.2. The van der Waals surface area contributed by atoms with Gasteiger partial charge in [-0.1, -0.05) is 6.07 Å². The minimum atomic E-state index is 0.241. The Morgan fingerprint density at radius 1 is 1.57 bits per heavy atom. The maximum absolute atomic E-state index is 5.65. The van der Waals surface area contributed by atoms with Gasteiger partial charge in [-0.05, 0) is 13.0 Å². The number of hydrogen-bond acceptors (Lipinski definition) is 4. The van der Waals surface area contributed by atoms with Crippen LogP contribution < -0.4 is 10.5 Å². The topological polar surface area (TPSA) is 48.1 Å². The second-order valence-corrected chi connectivity index (χ2v) is 4.19. The molecule has 14 heavy (non-hydrogen) atoms. The highest BCUT2D eigenvalue weighted by Gasteiger charge is 1.99. The molecule has 1 atom stereocenters. The minimum absolute atomic E-state index is 0.241. The van der Waals surface area contributed by atoms with Crippen LogP contribution in [0.2, 0.25) is 0 Å². The first kappa shape index (κ1) is 11.3. The van der Waals surface area contributed by atoms with Gasteiger partial charge in [0.2, 0.25) is 5.88 Å². The van der Waals surface area contributed by atoms with Gasteiger partial charge in [0.15, 0.2) is 0 Å². The summed E-state index contributed by atoms with van der Waals surface area (Å²) in [5, 5.41) is 0. The lowest BCUT2D eigenvalue weighted by atomic mass is 10.4. The van der Waals surface area contributed by atoms with Crippen LogP contribution in [0.1, 0.15) is 12.6 Å². The molecule has 0 aliphatic heterocycles. The van der Waals surface area contributed by atoms with Crippen molar-refractivity contribution in [2.75, 3.05) is 12.9 Å². The SMILES string of the molecule is COc1cccc(CSCC(C)N)n1. The van der Waals surface area contributed by atoms with Crippen LogP contribution in [0.3, 0.4) is 0 Å². The van der Waals surface area contributed by atoms with Crippen molar-refractivity contribution in [1.29, 1.82) is 0 Å². The Morgan fingerprint density at radius 3 is 3.00 bits per heavy atom. The lowest BCUT2D eigenvalue weighted by Crippen LogP contribution is -2.17. The second-order valence-electron chi connectivity index (χ2n) is 3.16. The molecule has 1 aromatic heterocycles. The van der Waals surface area contributed by atoms with Gasteiger partial charge in [0.1, 0.15) is 0 Å². The number of nitrogens with two attached hydrogens (primary N) is 1. The summed E-state index contributed by atoms with van der Waals surface area (Å²) < 4.78 is 5.04. The van der Waals surface area contributed by atoms with Crippen molar-refractivity contribution in [2.24, 2.45) is 5.73 Å². The Labute approximate surface area is 89.1 Å². The molecule has 0 aliphatic carbocycles. The van der Waals surface area contributed by atoms with Crippen LogP contribution in [-0.2, 0) is 5.75 Å². The predicted molar refractivity (Wildman–Crippen MR) is 60.6 cm³/mol. The molecule has 0 aromatic carbocycles. The van der Waals surface area contributed by atoms with Crippen LogP contribution in [0.25, 0.3) is 0 Å². The molecule has 0 radical (unpaired) electrons. The van der Waals surface area contributed by atoms with Crippen molar-refractivity contribution in [3.8, 4) is 5.88 Å². The quantitative estimate of drug-likeness (QED) is 0.806. The van der Waals surface area contributed by atoms with E-state index in [1.807, 2.05) is 25.1 Å². The Bertz CT molecular complexity index is 279. The smallest absolute Gasteiger partial charge is 0.213 e. The highest BCUT2D eigenvalue weighted by Crippen LogP contribution is 2.13. The molecule has 1 heterocycles. The fourth-order valence-electron chi connectivity index (χ4n) is 1.00. The second kappa shape index (κ2) is 5.88. The van der Waals surface area contributed by atoms with E-state index in [1.54, 1.807) is 18.9 Å². The number of nitrogens with zero attached hydrogens (tertiary/aromatic N) is 1. The predicted octanol–water partition coefficient (Wildman–Crippen LogP) is 1.67. The third-order valence-electron chi connectivity index (χ3n) is 1.62. The van der Waals surface area contributed by atoms with E-state index in [9.17, 15) is 0 Å². The van der Waals surface area contributed by atoms with Crippen molar-refractivity contribution in [2.45, 2.75) is 18.7 Å². The molecule has 3 nitrogen and oxygen atoms in total. The molecule has 0 amide bonds. The molecule has 1 aromatic rings. The molecule has 0 saturated carbocycles. The van der Waals surface area contributed by atoms with Crippen LogP contribution in [0.15, 0.2) is 18.2 Å². The molecule has 0 saturated heterocycles. The molecule has 4 heteroatoms. The molecule has 0 aliphatic rings. The number of hydrogen-bond donors (Lipinski definition) is 1. The summed E-state index contributed by atoms with van der Waals surface area (Å²) >= 11 is 1.79. The Kier molecular flexibility index (Phi) is 4.76. The lowest BCUT2D eigenvalue weighted by molar-refractivity contribution is 0.397. The third-order valence-corrected chi connectivity index (χ3v) is 2.88. The monoisotopic (exact) mass is 212 g/mol. The van der Waals surface area contributed by atoms with Crippen LogP contribution in [0.5, 0.6) is 5.88 Å². The molecule has 0 spiro atoms. The van der Waals surface area contributed by atoms with Crippen molar-refractivity contribution < 1.29 is 4.74 Å². The van der Waals surface area contributed by atoms with Crippen LogP contribution >= 0.6 is 11.8 Å². The number of rotatable bonds is 5. The van der Waals surface area contributed by atoms with E-state index in [0.29, 0.717) is 5.88 Å². The standard InChI is InChI=1S/C10H16N2OS/c1-8(11)6-14-7-9-4-3-5-10(12-9)13-2/h3-5,8H,6-7,11H2,1-2H3. The normalized spacial score (nSPS) is 12.5. The molecule has 1 unspecified atom stereocenters. The van der Waals surface area contributed by atoms with E-state index in [0.717, 1.165) is 17.2 Å². The summed E-state index contributed by atoms with van der Waals surface area (Å²) in [6, 6.07) is 6.04. The van der Waals surface area contributed by atoms with Gasteiger partial charge >= 0.3 is 0 Å². The zero-order valence-electron chi connectivity index (χ0n) is 8.56. The molecule has 0 fully saturated rings. The Morgan fingerprint density at radius 2 is 2.36 bits per heavy atom. The first-order valence-electron chi connectivity index (χ1n) is 4.55. The van der Waals surface area contributed by atoms with Gasteiger partial charge in [0, 0.05) is 23.6 Å². The van der Waals surface area contributed by atoms with Gasteiger partial charge in [-0.3, -0.25) is 0 Å². The number of aromatic nitrogens is 1. The summed E-state index contributed by atoms with van der Waals surface area (Å²) in [6.07, 6.45) is 0. The number of methoxy groups -OCH3 is 1. The zero-order valence-corrected chi connectivity index (χ0v) is 9.38. The van der Waals surface area contributed by atoms with Crippen molar-refractivity contribution >= 4 is 11.8 Å². The van der Waals surface area contributed by atoms with E-state index in [4.69, 9.17) is 10.5 Å². The van der Waals surface area contributed by atoms with Crippen LogP contribution in [0.4, 0.5) is 0 Å². The minimum Gasteiger partial charge on any atom is -0.481 e. The summed E-state index contributed by atoms with van der Waals surface area (Å²) in [7, 11) is 1.63.